The fourth-order valence-corrected chi connectivity index (χ4v) is 12.4. The Morgan fingerprint density at radius 1 is 0.731 bits per heavy atom. The van der Waals surface area contributed by atoms with E-state index in [1.807, 2.05) is 85.7 Å². The van der Waals surface area contributed by atoms with E-state index in [2.05, 4.69) is 27.9 Å². The van der Waals surface area contributed by atoms with Crippen LogP contribution in [0.3, 0.4) is 0 Å². The lowest BCUT2D eigenvalue weighted by atomic mass is 9.83. The van der Waals surface area contributed by atoms with Crippen LogP contribution in [0, 0.1) is 47.3 Å². The lowest BCUT2D eigenvalue weighted by molar-refractivity contribution is -0.146. The summed E-state index contributed by atoms with van der Waals surface area (Å²) in [5.74, 6) is -4.03. The molecule has 12 atom stereocenters. The van der Waals surface area contributed by atoms with Crippen LogP contribution in [0.2, 0.25) is 0 Å². The summed E-state index contributed by atoms with van der Waals surface area (Å²) in [7, 11) is 8.51. The molecule has 2 aromatic carbocycles. The van der Waals surface area contributed by atoms with Crippen molar-refractivity contribution in [3.63, 3.8) is 0 Å². The molecule has 8 N–H and O–H groups in total. The molecule has 22 heteroatoms. The second-order valence-electron chi connectivity index (χ2n) is 26.6. The van der Waals surface area contributed by atoms with Crippen LogP contribution in [-0.2, 0) is 59.2 Å². The van der Waals surface area contributed by atoms with Crippen molar-refractivity contribution in [1.29, 1.82) is 0 Å². The Balaban J connectivity index is 0.00000101. The van der Waals surface area contributed by atoms with Crippen LogP contribution >= 0.6 is 0 Å². The number of anilines is 1. The molecule has 0 saturated carbocycles. The Hall–Kier alpha value is -6.46. The van der Waals surface area contributed by atoms with Crippen LogP contribution in [0.15, 0.2) is 54.6 Å². The zero-order valence-corrected chi connectivity index (χ0v) is 58.8. The quantitative estimate of drug-likeness (QED) is 0.0338. The topological polar surface area (TPSA) is 316 Å². The molecule has 93 heavy (non-hydrogen) atoms. The molecule has 0 spiro atoms. The van der Waals surface area contributed by atoms with Gasteiger partial charge in [-0.3, -0.25) is 38.4 Å². The van der Waals surface area contributed by atoms with Gasteiger partial charge in [0.25, 0.3) is 0 Å². The normalized spacial score (nSPS) is 16.8. The van der Waals surface area contributed by atoms with E-state index >= 15 is 0 Å². The maximum absolute atomic E-state index is 14.2. The first-order valence-corrected chi connectivity index (χ1v) is 33.5. The number of carbonyl (C=O) groups excluding carboxylic acids is 10. The number of unbranched alkanes of at least 4 members (excludes halogenated alkanes) is 2. The summed E-state index contributed by atoms with van der Waals surface area (Å²) in [4.78, 5) is 135. The number of primary amides is 1. The summed E-state index contributed by atoms with van der Waals surface area (Å²) in [6.07, 6.45) is 4.24. The lowest BCUT2D eigenvalue weighted by Crippen LogP contribution is -2.53. The van der Waals surface area contributed by atoms with E-state index < -0.39 is 60.2 Å². The van der Waals surface area contributed by atoms with Gasteiger partial charge in [-0.25, -0.2) is 9.59 Å². The zero-order chi connectivity index (χ0) is 70.2. The summed E-state index contributed by atoms with van der Waals surface area (Å²) in [5.41, 5.74) is 12.4. The first-order valence-electron chi connectivity index (χ1n) is 33.5. The Morgan fingerprint density at radius 2 is 1.37 bits per heavy atom. The first-order chi connectivity index (χ1) is 43.8. The van der Waals surface area contributed by atoms with Crippen molar-refractivity contribution < 1.29 is 67.3 Å². The molecule has 0 aromatic heterocycles. The van der Waals surface area contributed by atoms with Gasteiger partial charge in [-0.05, 0) is 112 Å². The van der Waals surface area contributed by atoms with Crippen molar-refractivity contribution >= 4 is 64.4 Å². The predicted molar refractivity (Wildman–Crippen MR) is 361 cm³/mol. The monoisotopic (exact) mass is 1300 g/mol. The average Bonchev–Trinajstić information content (AvgIpc) is 1.45. The molecule has 1 saturated heterocycles. The third-order valence-corrected chi connectivity index (χ3v) is 18.2. The van der Waals surface area contributed by atoms with Crippen molar-refractivity contribution in [3.05, 3.63) is 65.7 Å². The molecule has 1 unspecified atom stereocenters. The molecule has 524 valence electrons. The first kappa shape index (κ1) is 82.6. The average molecular weight is 1310 g/mol. The lowest BCUT2D eigenvalue weighted by Gasteiger charge is -2.40. The Kier molecular flexibility index (Phi) is 38.0. The fourth-order valence-electron chi connectivity index (χ4n) is 12.4. The van der Waals surface area contributed by atoms with E-state index in [1.165, 1.54) is 26.0 Å². The number of nitrogens with one attached hydrogen (secondary N) is 3. The van der Waals surface area contributed by atoms with E-state index in [0.717, 1.165) is 31.4 Å². The number of hydrogen-bond acceptors (Lipinski definition) is 16. The Bertz CT molecular complexity index is 2660. The number of rotatable bonds is 42. The van der Waals surface area contributed by atoms with E-state index in [4.69, 9.17) is 25.7 Å². The van der Waals surface area contributed by atoms with E-state index in [0.29, 0.717) is 55.8 Å². The predicted octanol–water partition coefficient (Wildman–Crippen LogP) is 9.02. The van der Waals surface area contributed by atoms with Gasteiger partial charge in [0.1, 0.15) is 24.0 Å². The number of Topliss-reactive ketones (excluding diaryl/α,β-unsaturated/α-hetero) is 5. The minimum Gasteiger partial charge on any atom is -0.445 e. The highest BCUT2D eigenvalue weighted by molar-refractivity contribution is 5.97. The van der Waals surface area contributed by atoms with Crippen LogP contribution in [0.5, 0.6) is 0 Å². The molecule has 1 fully saturated rings. The summed E-state index contributed by atoms with van der Waals surface area (Å²) in [6, 6.07) is 13.6. The second kappa shape index (κ2) is 42.8. The SMILES string of the molecule is CC[C@H](C)[C@@H]([C@@H](CC(C)=O)OC)N(C)C(=O)[C@@H](CC(=O)C(C(C)C)N(C)C(=O)OCc1ccc(NC(=O)[C@H](CCCNC(N)=O)CC(=O)[C@@H](NC(=O)CCCCCC(=O)CN)C(C)C)cc1)C(C)C.CO[C@H]([C@@H](C)C(=O)C[C@H](C)[C@@H](O)c1ccccc1)[C@@H]1CCCN1C. The number of ketones is 5. The molecule has 22 nitrogen and oxygen atoms in total. The highest BCUT2D eigenvalue weighted by Crippen LogP contribution is 2.32. The molecule has 0 aliphatic carbocycles. The van der Waals surface area contributed by atoms with Gasteiger partial charge >= 0.3 is 12.1 Å². The zero-order valence-electron chi connectivity index (χ0n) is 58.8. The van der Waals surface area contributed by atoms with Crippen molar-refractivity contribution in [2.45, 2.75) is 215 Å². The molecular weight excluding hydrogens is 1190 g/mol. The number of ether oxygens (including phenoxy) is 3. The van der Waals surface area contributed by atoms with Gasteiger partial charge in [-0.1, -0.05) is 125 Å². The van der Waals surface area contributed by atoms with Gasteiger partial charge in [0.15, 0.2) is 11.6 Å². The van der Waals surface area contributed by atoms with Crippen LogP contribution in [0.4, 0.5) is 15.3 Å². The fraction of sp³-hybridized carbons (Fsp3) is 0.690. The second-order valence-corrected chi connectivity index (χ2v) is 26.6. The Labute approximate surface area is 554 Å². The molecule has 1 aliphatic rings. The molecular formula is C71H116N8O14. The summed E-state index contributed by atoms with van der Waals surface area (Å²) in [5, 5.41) is 18.7. The minimum atomic E-state index is -0.890. The summed E-state index contributed by atoms with van der Waals surface area (Å²) >= 11 is 0. The standard InChI is InChI=1S/C51H85N7O11.C20H31NO3/c1-13-34(8)47(43(68-12)26-35(9)59)57(10)49(65)40(31(2)3)28-42(62)46(33(6)7)58(11)51(67)69-30-36-21-23-38(24-22-36)55-48(64)37(18-17-25-54-50(53)66)27-41(61)45(32(4)5)56-44(63)20-16-14-15-19-39(60)29-52;1-14(19(23)16-9-6-5-7-10-16)13-18(22)15(2)20(24-4)17-11-8-12-21(17)3/h21-24,31-34,37,40,43,45-47H,13-20,25-30,52H2,1-12H3,(H,55,64)(H,56,63)(H3,53,54,66);5-7,9-10,14-15,17,19-20,23H,8,11-13H2,1-4H3/t34-,37+,40-,43+,45-,46?,47-;14-,15-,17-,19+,20+/m00/s1. The number of urea groups is 1. The van der Waals surface area contributed by atoms with Gasteiger partial charge in [-0.2, -0.15) is 0 Å². The molecule has 2 aromatic rings. The van der Waals surface area contributed by atoms with E-state index in [1.54, 1.807) is 57.2 Å². The maximum Gasteiger partial charge on any atom is 0.410 e. The van der Waals surface area contributed by atoms with E-state index in [-0.39, 0.29) is 134 Å². The number of amides is 6. The van der Waals surface area contributed by atoms with Crippen molar-refractivity contribution in [3.8, 4) is 0 Å². The van der Waals surface area contributed by atoms with Crippen LogP contribution in [0.25, 0.3) is 0 Å². The number of nitrogens with zero attached hydrogens (tertiary/aromatic N) is 3. The van der Waals surface area contributed by atoms with Crippen LogP contribution in [-0.4, -0.2) is 170 Å². The number of aliphatic hydroxyl groups is 1. The van der Waals surface area contributed by atoms with Gasteiger partial charge in [0.05, 0.1) is 43.0 Å². The van der Waals surface area contributed by atoms with Crippen molar-refractivity contribution in [2.24, 2.45) is 58.8 Å². The number of nitrogens with two attached hydrogens (primary N) is 2. The van der Waals surface area contributed by atoms with Gasteiger partial charge < -0.3 is 61.4 Å². The number of aliphatic hydroxyl groups excluding tert-OH is 1. The van der Waals surface area contributed by atoms with Crippen LogP contribution in [0.1, 0.15) is 183 Å². The minimum absolute atomic E-state index is 0.00989. The third kappa shape index (κ3) is 28.2. The molecule has 1 heterocycles. The van der Waals surface area contributed by atoms with E-state index in [9.17, 15) is 53.1 Å². The number of hydrogen-bond donors (Lipinski definition) is 6. The third-order valence-electron chi connectivity index (χ3n) is 18.2. The van der Waals surface area contributed by atoms with Gasteiger partial charge in [0.2, 0.25) is 17.7 Å². The Morgan fingerprint density at radius 3 is 1.89 bits per heavy atom. The van der Waals surface area contributed by atoms with Crippen LogP contribution < -0.4 is 27.4 Å². The number of likely N-dealkylation sites (N-methyl/N-ethyl adjacent to an activating group) is 3. The molecule has 1 aliphatic heterocycles. The number of benzene rings is 2. The van der Waals surface area contributed by atoms with Crippen molar-refractivity contribution in [1.82, 2.24) is 25.3 Å². The summed E-state index contributed by atoms with van der Waals surface area (Å²) in [6.45, 7) is 21.5. The smallest absolute Gasteiger partial charge is 0.410 e. The summed E-state index contributed by atoms with van der Waals surface area (Å²) < 4.78 is 17.1. The molecule has 6 amide bonds. The van der Waals surface area contributed by atoms with Gasteiger partial charge in [-0.15, -0.1) is 0 Å². The molecule has 3 rings (SSSR count). The van der Waals surface area contributed by atoms with Crippen molar-refractivity contribution in [2.75, 3.05) is 60.3 Å². The number of likely N-dealkylation sites (tertiary alicyclic amines) is 1. The highest BCUT2D eigenvalue weighted by atomic mass is 16.6. The highest BCUT2D eigenvalue weighted by Gasteiger charge is 2.41. The number of carbonyl (C=O) groups is 10. The van der Waals surface area contributed by atoms with Gasteiger partial charge in [0, 0.05) is 103 Å². The molecule has 0 bridgehead atoms. The molecule has 0 radical (unpaired) electrons. The maximum atomic E-state index is 14.2. The largest absolute Gasteiger partial charge is 0.445 e. The number of methoxy groups -OCH3 is 2.